The Morgan fingerprint density at radius 2 is 1.52 bits per heavy atom. The van der Waals surface area contributed by atoms with Crippen molar-refractivity contribution >= 4 is 49.4 Å². The Bertz CT molecular complexity index is 1690. The van der Waals surface area contributed by atoms with Gasteiger partial charge in [0.25, 0.3) is 0 Å². The maximum Gasteiger partial charge on any atom is 0.127 e. The Labute approximate surface area is 259 Å². The SMILES string of the molecule is C=C=C=C.C=C=C=C.C=C=C=C=C=C.COCCCS(=O)c1sc2nc(-c3cccs3)cc(-c3ccccc3)c2c1N. The second kappa shape index (κ2) is 21.2. The van der Waals surface area contributed by atoms with Crippen molar-refractivity contribution in [2.45, 2.75) is 10.6 Å². The lowest BCUT2D eigenvalue weighted by molar-refractivity contribution is 0.200. The summed E-state index contributed by atoms with van der Waals surface area (Å²) in [5.41, 5.74) is 28.9. The smallest absolute Gasteiger partial charge is 0.127 e. The Kier molecular flexibility index (Phi) is 17.9. The highest BCUT2D eigenvalue weighted by atomic mass is 32.2. The summed E-state index contributed by atoms with van der Waals surface area (Å²) in [6.45, 7) is 19.8. The van der Waals surface area contributed by atoms with Crippen molar-refractivity contribution in [3.8, 4) is 21.7 Å². The number of aromatic nitrogens is 1. The molecule has 1 aromatic carbocycles. The van der Waals surface area contributed by atoms with Gasteiger partial charge in [0.15, 0.2) is 0 Å². The van der Waals surface area contributed by atoms with Gasteiger partial charge in [-0.3, -0.25) is 4.21 Å². The molecule has 4 nitrogen and oxygen atoms in total. The van der Waals surface area contributed by atoms with Crippen LogP contribution < -0.4 is 5.73 Å². The van der Waals surface area contributed by atoms with Gasteiger partial charge in [0.1, 0.15) is 9.04 Å². The average Bonchev–Trinajstić information content (AvgIpc) is 3.69. The minimum Gasteiger partial charge on any atom is -0.396 e. The fraction of sp³-hybridized carbons (Fsp3) is 0.114. The molecular formula is C35H32N2O2S3. The third-order valence-corrected chi connectivity index (χ3v) is 8.78. The number of hydrogen-bond acceptors (Lipinski definition) is 6. The number of pyridine rings is 1. The highest BCUT2D eigenvalue weighted by Gasteiger charge is 2.21. The van der Waals surface area contributed by atoms with Crippen molar-refractivity contribution in [3.05, 3.63) is 139 Å². The van der Waals surface area contributed by atoms with Crippen LogP contribution in [0, 0.1) is 0 Å². The van der Waals surface area contributed by atoms with Crippen molar-refractivity contribution < 1.29 is 8.95 Å². The quantitative estimate of drug-likeness (QED) is 0.168. The van der Waals surface area contributed by atoms with Crippen LogP contribution in [0.2, 0.25) is 0 Å². The van der Waals surface area contributed by atoms with Crippen LogP contribution in [-0.4, -0.2) is 28.7 Å². The molecule has 0 aliphatic heterocycles. The maximum absolute atomic E-state index is 12.8. The number of rotatable bonds is 7. The van der Waals surface area contributed by atoms with Gasteiger partial charge in [-0.1, -0.05) is 70.8 Å². The predicted molar refractivity (Wildman–Crippen MR) is 182 cm³/mol. The number of anilines is 1. The van der Waals surface area contributed by atoms with Gasteiger partial charge >= 0.3 is 0 Å². The van der Waals surface area contributed by atoms with E-state index in [4.69, 9.17) is 15.5 Å². The third kappa shape index (κ3) is 11.5. The van der Waals surface area contributed by atoms with Crippen LogP contribution in [0.25, 0.3) is 31.9 Å². The van der Waals surface area contributed by atoms with Gasteiger partial charge < -0.3 is 10.5 Å². The summed E-state index contributed by atoms with van der Waals surface area (Å²) >= 11 is 3.09. The first-order valence-corrected chi connectivity index (χ1v) is 15.3. The highest BCUT2D eigenvalue weighted by Crippen LogP contribution is 2.43. The van der Waals surface area contributed by atoms with Crippen LogP contribution in [0.3, 0.4) is 0 Å². The first-order valence-electron chi connectivity index (χ1n) is 12.3. The van der Waals surface area contributed by atoms with E-state index in [0.717, 1.165) is 38.3 Å². The number of ether oxygens (including phenoxy) is 1. The summed E-state index contributed by atoms with van der Waals surface area (Å²) in [6, 6.07) is 16.3. The molecule has 0 aliphatic rings. The minimum atomic E-state index is -1.16. The van der Waals surface area contributed by atoms with Crippen molar-refractivity contribution in [1.29, 1.82) is 0 Å². The zero-order chi connectivity index (χ0) is 31.2. The standard InChI is InChI=1S/C21H20N2O2S3.C6H4.2C4H4/c1-25-10-6-12-28(24)21-19(22)18-15(14-7-3-2-4-8-14)13-16(23-20(18)27-21)17-9-5-11-26-17;1-3-5-6-4-2;2*1-3-4-2/h2-5,7-9,11,13H,6,10,12,22H2,1H3;1-2H2;2*1-2H2. The minimum absolute atomic E-state index is 0.531. The van der Waals surface area contributed by atoms with Gasteiger partial charge in [-0.15, -0.1) is 22.7 Å². The largest absolute Gasteiger partial charge is 0.396 e. The lowest BCUT2D eigenvalue weighted by Crippen LogP contribution is -2.02. The van der Waals surface area contributed by atoms with Crippen LogP contribution in [0.15, 0.2) is 143 Å². The molecule has 4 rings (SSSR count). The second-order valence-electron chi connectivity index (χ2n) is 7.59. The molecule has 3 aromatic heterocycles. The number of nitrogens with two attached hydrogens (primary N) is 1. The third-order valence-electron chi connectivity index (χ3n) is 4.90. The summed E-state index contributed by atoms with van der Waals surface area (Å²) in [7, 11) is 0.491. The summed E-state index contributed by atoms with van der Waals surface area (Å²) in [6.07, 6.45) is 0.732. The van der Waals surface area contributed by atoms with Gasteiger partial charge in [0, 0.05) is 24.9 Å². The fourth-order valence-electron chi connectivity index (χ4n) is 3.18. The average molecular weight is 609 g/mol. The maximum atomic E-state index is 12.8. The van der Waals surface area contributed by atoms with Crippen molar-refractivity contribution in [1.82, 2.24) is 4.98 Å². The van der Waals surface area contributed by atoms with E-state index in [-0.39, 0.29) is 0 Å². The number of thiophene rings is 2. The molecule has 0 saturated heterocycles. The molecule has 0 bridgehead atoms. The number of nitrogen functional groups attached to an aromatic ring is 1. The second-order valence-corrected chi connectivity index (χ2v) is 11.3. The van der Waals surface area contributed by atoms with Gasteiger partial charge in [-0.05, 0) is 86.0 Å². The van der Waals surface area contributed by atoms with E-state index in [1.54, 1.807) is 18.4 Å². The number of hydrogen-bond donors (Lipinski definition) is 1. The van der Waals surface area contributed by atoms with Gasteiger partial charge in [-0.2, -0.15) is 0 Å². The lowest BCUT2D eigenvalue weighted by Gasteiger charge is -2.08. The van der Waals surface area contributed by atoms with E-state index in [1.165, 1.54) is 11.3 Å². The molecule has 0 radical (unpaired) electrons. The van der Waals surface area contributed by atoms with Gasteiger partial charge in [0.2, 0.25) is 0 Å². The summed E-state index contributed by atoms with van der Waals surface area (Å²) in [4.78, 5) is 6.79. The molecule has 2 N–H and O–H groups in total. The van der Waals surface area contributed by atoms with E-state index in [1.807, 2.05) is 29.6 Å². The van der Waals surface area contributed by atoms with Crippen LogP contribution in [0.5, 0.6) is 0 Å². The molecule has 0 aliphatic carbocycles. The molecule has 212 valence electrons. The van der Waals surface area contributed by atoms with E-state index < -0.39 is 10.8 Å². The van der Waals surface area contributed by atoms with Crippen molar-refractivity contribution in [2.75, 3.05) is 25.2 Å². The van der Waals surface area contributed by atoms with E-state index >= 15 is 0 Å². The fourth-order valence-corrected chi connectivity index (χ4v) is 6.49. The molecule has 42 heavy (non-hydrogen) atoms. The highest BCUT2D eigenvalue weighted by molar-refractivity contribution is 7.87. The molecule has 0 spiro atoms. The molecule has 1 atom stereocenters. The molecular weight excluding hydrogens is 577 g/mol. The molecule has 0 saturated carbocycles. The van der Waals surface area contributed by atoms with Crippen LogP contribution in [-0.2, 0) is 15.5 Å². The normalized spacial score (nSPS) is 9.36. The zero-order valence-corrected chi connectivity index (χ0v) is 26.1. The Morgan fingerprint density at radius 1 is 0.905 bits per heavy atom. The number of nitrogens with zero attached hydrogens (tertiary/aromatic N) is 1. The van der Waals surface area contributed by atoms with E-state index in [2.05, 4.69) is 110 Å². The van der Waals surface area contributed by atoms with Crippen LogP contribution in [0.4, 0.5) is 5.69 Å². The molecule has 1 unspecified atom stereocenters. The number of benzene rings is 1. The first kappa shape index (κ1) is 35.4. The first-order chi connectivity index (χ1) is 20.4. The topological polar surface area (TPSA) is 65.2 Å². The molecule has 4 aromatic rings. The summed E-state index contributed by atoms with van der Waals surface area (Å²) < 4.78 is 18.6. The monoisotopic (exact) mass is 608 g/mol. The summed E-state index contributed by atoms with van der Waals surface area (Å²) in [5, 5.41) is 2.94. The van der Waals surface area contributed by atoms with Crippen LogP contribution >= 0.6 is 22.7 Å². The Hall–Kier alpha value is -4.60. The zero-order valence-electron chi connectivity index (χ0n) is 23.6. The molecule has 3 heterocycles. The van der Waals surface area contributed by atoms with Gasteiger partial charge in [-0.25, -0.2) is 4.98 Å². The van der Waals surface area contributed by atoms with E-state index in [0.29, 0.717) is 22.3 Å². The Morgan fingerprint density at radius 3 is 2.02 bits per heavy atom. The number of methoxy groups -OCH3 is 1. The van der Waals surface area contributed by atoms with Crippen molar-refractivity contribution in [2.24, 2.45) is 0 Å². The molecule has 7 heteroatoms. The Balaban J connectivity index is 0.000000527. The molecule has 0 amide bonds. The predicted octanol–water partition coefficient (Wildman–Crippen LogP) is 9.07. The number of fused-ring (bicyclic) bond motifs is 1. The van der Waals surface area contributed by atoms with Crippen molar-refractivity contribution in [3.63, 3.8) is 0 Å². The summed E-state index contributed by atoms with van der Waals surface area (Å²) in [5.74, 6) is 0.531. The van der Waals surface area contributed by atoms with E-state index in [9.17, 15) is 4.21 Å². The van der Waals surface area contributed by atoms with Crippen LogP contribution in [0.1, 0.15) is 6.42 Å². The van der Waals surface area contributed by atoms with Gasteiger partial charge in [0.05, 0.1) is 27.1 Å². The molecule has 0 fully saturated rings. The lowest BCUT2D eigenvalue weighted by atomic mass is 10.0.